The molecule has 0 atom stereocenters. The Bertz CT molecular complexity index is 478. The van der Waals surface area contributed by atoms with E-state index in [-0.39, 0.29) is 0 Å². The van der Waals surface area contributed by atoms with Crippen molar-refractivity contribution in [2.45, 2.75) is 27.2 Å². The molecule has 1 nitrogen and oxygen atoms in total. The van der Waals surface area contributed by atoms with Crippen molar-refractivity contribution in [2.24, 2.45) is 0 Å². The second kappa shape index (κ2) is 6.85. The van der Waals surface area contributed by atoms with E-state index in [0.717, 1.165) is 12.0 Å². The van der Waals surface area contributed by atoms with E-state index in [1.807, 2.05) is 13.2 Å². The zero-order valence-corrected chi connectivity index (χ0v) is 11.9. The van der Waals surface area contributed by atoms with E-state index in [1.54, 1.807) is 0 Å². The summed E-state index contributed by atoms with van der Waals surface area (Å²) in [4.78, 5) is 0. The summed E-state index contributed by atoms with van der Waals surface area (Å²) in [5.74, 6) is 0. The predicted octanol–water partition coefficient (Wildman–Crippen LogP) is 4.39. The van der Waals surface area contributed by atoms with Gasteiger partial charge < -0.3 is 5.32 Å². The number of aryl methyl sites for hydroxylation is 2. The van der Waals surface area contributed by atoms with Gasteiger partial charge in [0.2, 0.25) is 0 Å². The van der Waals surface area contributed by atoms with Gasteiger partial charge in [-0.2, -0.15) is 0 Å². The van der Waals surface area contributed by atoms with Crippen LogP contribution >= 0.6 is 0 Å². The number of allylic oxidation sites excluding steroid dienone is 4. The van der Waals surface area contributed by atoms with Crippen molar-refractivity contribution in [3.05, 3.63) is 65.4 Å². The average Bonchev–Trinajstić information content (AvgIpc) is 2.34. The molecule has 1 heteroatoms. The van der Waals surface area contributed by atoms with Crippen LogP contribution in [0.25, 0.3) is 5.57 Å². The summed E-state index contributed by atoms with van der Waals surface area (Å²) >= 11 is 0. The minimum absolute atomic E-state index is 1.01. The molecule has 1 rings (SSSR count). The first kappa shape index (κ1) is 14.3. The first-order chi connectivity index (χ1) is 8.58. The molecule has 0 aliphatic heterocycles. The standard InChI is InChI=1S/C17H23N/c1-6-16(12-18-5)9-8-14(3)17-10-7-13(2)11-15(17)4/h7-12,18H,3,6H2,1-2,4-5H3/b9-8-,16-12-. The zero-order chi connectivity index (χ0) is 13.5. The van der Waals surface area contributed by atoms with Gasteiger partial charge in [0, 0.05) is 7.05 Å². The third kappa shape index (κ3) is 3.92. The summed E-state index contributed by atoms with van der Waals surface area (Å²) in [5.41, 5.74) is 6.11. The average molecular weight is 241 g/mol. The van der Waals surface area contributed by atoms with Crippen LogP contribution in [-0.2, 0) is 0 Å². The molecule has 0 saturated carbocycles. The summed E-state index contributed by atoms with van der Waals surface area (Å²) in [6.45, 7) is 10.5. The first-order valence-electron chi connectivity index (χ1n) is 6.39. The summed E-state index contributed by atoms with van der Waals surface area (Å²) in [7, 11) is 1.92. The molecular formula is C17H23N. The van der Waals surface area contributed by atoms with Gasteiger partial charge in [-0.25, -0.2) is 0 Å². The number of hydrogen-bond donors (Lipinski definition) is 1. The van der Waals surface area contributed by atoms with Crippen LogP contribution in [0.4, 0.5) is 0 Å². The topological polar surface area (TPSA) is 12.0 Å². The van der Waals surface area contributed by atoms with E-state index in [0.29, 0.717) is 0 Å². The van der Waals surface area contributed by atoms with Crippen LogP contribution in [0.5, 0.6) is 0 Å². The molecule has 0 aliphatic carbocycles. The quantitative estimate of drug-likeness (QED) is 0.754. The van der Waals surface area contributed by atoms with Gasteiger partial charge in [0.25, 0.3) is 0 Å². The molecule has 0 fully saturated rings. The molecule has 1 aromatic rings. The third-order valence-corrected chi connectivity index (χ3v) is 2.96. The number of rotatable bonds is 5. The smallest absolute Gasteiger partial charge is 0.00278 e. The lowest BCUT2D eigenvalue weighted by molar-refractivity contribution is 1.04. The van der Waals surface area contributed by atoms with Gasteiger partial charge in [0.05, 0.1) is 0 Å². The molecule has 18 heavy (non-hydrogen) atoms. The molecule has 96 valence electrons. The van der Waals surface area contributed by atoms with Gasteiger partial charge in [-0.15, -0.1) is 0 Å². The molecule has 1 aromatic carbocycles. The summed E-state index contributed by atoms with van der Waals surface area (Å²) in [6, 6.07) is 6.47. The monoisotopic (exact) mass is 241 g/mol. The molecule has 0 unspecified atom stereocenters. The largest absolute Gasteiger partial charge is 0.394 e. The summed E-state index contributed by atoms with van der Waals surface area (Å²) in [5, 5.41) is 3.06. The van der Waals surface area contributed by atoms with Crippen LogP contribution in [0.3, 0.4) is 0 Å². The van der Waals surface area contributed by atoms with E-state index in [9.17, 15) is 0 Å². The van der Waals surface area contributed by atoms with Gasteiger partial charge in [-0.05, 0) is 48.7 Å². The normalized spacial score (nSPS) is 11.9. The lowest BCUT2D eigenvalue weighted by Gasteiger charge is -2.07. The Morgan fingerprint density at radius 2 is 2.00 bits per heavy atom. The maximum absolute atomic E-state index is 4.15. The van der Waals surface area contributed by atoms with E-state index in [2.05, 4.69) is 63.0 Å². The Morgan fingerprint density at radius 3 is 2.56 bits per heavy atom. The molecule has 0 saturated heterocycles. The molecular weight excluding hydrogens is 218 g/mol. The van der Waals surface area contributed by atoms with Crippen molar-refractivity contribution in [3.63, 3.8) is 0 Å². The fourth-order valence-electron chi connectivity index (χ4n) is 1.92. The highest BCUT2D eigenvalue weighted by Gasteiger charge is 2.00. The van der Waals surface area contributed by atoms with Crippen LogP contribution in [0.1, 0.15) is 30.0 Å². The highest BCUT2D eigenvalue weighted by Crippen LogP contribution is 2.20. The Balaban J connectivity index is 2.88. The number of hydrogen-bond acceptors (Lipinski definition) is 1. The van der Waals surface area contributed by atoms with Crippen molar-refractivity contribution >= 4 is 5.57 Å². The van der Waals surface area contributed by atoms with Crippen LogP contribution < -0.4 is 5.32 Å². The molecule has 0 amide bonds. The SMILES string of the molecule is C=C(/C=C\C(=C/NC)CC)c1ccc(C)cc1C. The Hall–Kier alpha value is -1.76. The van der Waals surface area contributed by atoms with E-state index in [4.69, 9.17) is 0 Å². The molecule has 0 radical (unpaired) electrons. The zero-order valence-electron chi connectivity index (χ0n) is 11.9. The van der Waals surface area contributed by atoms with Gasteiger partial charge in [0.15, 0.2) is 0 Å². The minimum atomic E-state index is 1.01. The van der Waals surface area contributed by atoms with Crippen molar-refractivity contribution in [2.75, 3.05) is 7.05 Å². The Labute approximate surface area is 111 Å². The maximum Gasteiger partial charge on any atom is 0.00278 e. The fourth-order valence-corrected chi connectivity index (χ4v) is 1.92. The minimum Gasteiger partial charge on any atom is -0.394 e. The number of nitrogens with one attached hydrogen (secondary N) is 1. The molecule has 1 N–H and O–H groups in total. The van der Waals surface area contributed by atoms with E-state index >= 15 is 0 Å². The van der Waals surface area contributed by atoms with Crippen LogP contribution in [-0.4, -0.2) is 7.05 Å². The van der Waals surface area contributed by atoms with Gasteiger partial charge in [0.1, 0.15) is 0 Å². The predicted molar refractivity (Wildman–Crippen MR) is 81.5 cm³/mol. The molecule has 0 aliphatic rings. The van der Waals surface area contributed by atoms with Crippen molar-refractivity contribution in [3.8, 4) is 0 Å². The highest BCUT2D eigenvalue weighted by atomic mass is 14.8. The van der Waals surface area contributed by atoms with Gasteiger partial charge in [-0.3, -0.25) is 0 Å². The van der Waals surface area contributed by atoms with Crippen LogP contribution in [0.2, 0.25) is 0 Å². The first-order valence-corrected chi connectivity index (χ1v) is 6.39. The maximum atomic E-state index is 4.15. The highest BCUT2D eigenvalue weighted by molar-refractivity contribution is 5.74. The molecule has 0 spiro atoms. The number of benzene rings is 1. The second-order valence-corrected chi connectivity index (χ2v) is 4.54. The lowest BCUT2D eigenvalue weighted by Crippen LogP contribution is -1.94. The van der Waals surface area contributed by atoms with Gasteiger partial charge in [-0.1, -0.05) is 49.4 Å². The Morgan fingerprint density at radius 1 is 1.28 bits per heavy atom. The summed E-state index contributed by atoms with van der Waals surface area (Å²) < 4.78 is 0. The molecule has 0 aromatic heterocycles. The molecule has 0 heterocycles. The van der Waals surface area contributed by atoms with Crippen molar-refractivity contribution in [1.29, 1.82) is 0 Å². The second-order valence-electron chi connectivity index (χ2n) is 4.54. The van der Waals surface area contributed by atoms with Gasteiger partial charge >= 0.3 is 0 Å². The van der Waals surface area contributed by atoms with Crippen molar-refractivity contribution < 1.29 is 0 Å². The third-order valence-electron chi connectivity index (χ3n) is 2.96. The summed E-state index contributed by atoms with van der Waals surface area (Å²) in [6.07, 6.45) is 7.24. The molecule has 0 bridgehead atoms. The Kier molecular flexibility index (Phi) is 5.44. The van der Waals surface area contributed by atoms with Crippen LogP contribution in [0, 0.1) is 13.8 Å². The lowest BCUT2D eigenvalue weighted by atomic mass is 9.99. The van der Waals surface area contributed by atoms with E-state index in [1.165, 1.54) is 22.3 Å². The van der Waals surface area contributed by atoms with E-state index < -0.39 is 0 Å². The fraction of sp³-hybridized carbons (Fsp3) is 0.294. The van der Waals surface area contributed by atoms with Crippen LogP contribution in [0.15, 0.2) is 48.7 Å². The van der Waals surface area contributed by atoms with Crippen molar-refractivity contribution in [1.82, 2.24) is 5.32 Å².